The third-order valence-electron chi connectivity index (χ3n) is 6.03. The molecular weight excluding hydrogens is 513 g/mol. The predicted molar refractivity (Wildman–Crippen MR) is 129 cm³/mol. The third-order valence-corrected chi connectivity index (χ3v) is 6.95. The van der Waals surface area contributed by atoms with Crippen LogP contribution in [0.3, 0.4) is 0 Å². The molecule has 3 aromatic rings. The maximum atomic E-state index is 13.7. The van der Waals surface area contributed by atoms with Gasteiger partial charge in [-0.05, 0) is 44.0 Å². The van der Waals surface area contributed by atoms with E-state index in [9.17, 15) is 26.4 Å². The summed E-state index contributed by atoms with van der Waals surface area (Å²) in [5.41, 5.74) is 0.847. The lowest BCUT2D eigenvalue weighted by molar-refractivity contribution is -0.138. The number of hydrogen-bond acceptors (Lipinski definition) is 7. The zero-order chi connectivity index (χ0) is 27.0. The molecule has 0 aliphatic carbocycles. The Morgan fingerprint density at radius 2 is 2.00 bits per heavy atom. The minimum absolute atomic E-state index is 0.102. The van der Waals surface area contributed by atoms with Crippen molar-refractivity contribution < 1.29 is 35.9 Å². The second-order valence-electron chi connectivity index (χ2n) is 8.75. The minimum atomic E-state index is -4.71. The van der Waals surface area contributed by atoms with Crippen LogP contribution in [-0.2, 0) is 33.7 Å². The van der Waals surface area contributed by atoms with Crippen molar-refractivity contribution in [1.29, 1.82) is 0 Å². The van der Waals surface area contributed by atoms with Crippen LogP contribution in [0.1, 0.15) is 24.5 Å². The number of carbonyl (C=O) groups is 1. The van der Waals surface area contributed by atoms with Gasteiger partial charge in [0.25, 0.3) is 0 Å². The summed E-state index contributed by atoms with van der Waals surface area (Å²) < 4.78 is 76.5. The smallest absolute Gasteiger partial charge is 0.421 e. The van der Waals surface area contributed by atoms with Crippen molar-refractivity contribution in [1.82, 2.24) is 14.8 Å². The molecule has 0 bridgehead atoms. The summed E-state index contributed by atoms with van der Waals surface area (Å²) in [6, 6.07) is 5.14. The van der Waals surface area contributed by atoms with Crippen LogP contribution in [-0.4, -0.2) is 54.4 Å². The lowest BCUT2D eigenvalue weighted by Gasteiger charge is -2.35. The summed E-state index contributed by atoms with van der Waals surface area (Å²) in [6.45, 7) is 1.95. The van der Waals surface area contributed by atoms with Crippen LogP contribution in [0.25, 0.3) is 11.1 Å². The molecule has 198 valence electrons. The molecule has 0 N–H and O–H groups in total. The number of aromatic nitrogens is 3. The minimum Gasteiger partial charge on any atom is -0.452 e. The molecule has 0 saturated carbocycles. The van der Waals surface area contributed by atoms with E-state index in [-0.39, 0.29) is 24.1 Å². The number of halogens is 3. The molecule has 3 heterocycles. The maximum Gasteiger partial charge on any atom is 0.421 e. The van der Waals surface area contributed by atoms with E-state index in [1.54, 1.807) is 18.3 Å². The summed E-state index contributed by atoms with van der Waals surface area (Å²) >= 11 is 0. The Morgan fingerprint density at radius 1 is 1.24 bits per heavy atom. The van der Waals surface area contributed by atoms with E-state index in [1.807, 2.05) is 6.92 Å². The Kier molecular flexibility index (Phi) is 7.18. The molecule has 0 unspecified atom stereocenters. The number of aryl methyl sites for hydroxylation is 1. The average Bonchev–Trinajstić information content (AvgIpc) is 3.30. The molecule has 0 fully saturated rings. The number of fused-ring (bicyclic) bond motifs is 1. The molecule has 1 atom stereocenters. The molecule has 2 aromatic heterocycles. The van der Waals surface area contributed by atoms with Crippen LogP contribution in [0.4, 0.5) is 23.7 Å². The first kappa shape index (κ1) is 26.5. The van der Waals surface area contributed by atoms with Gasteiger partial charge >= 0.3 is 12.3 Å². The van der Waals surface area contributed by atoms with Gasteiger partial charge in [-0.25, -0.2) is 18.2 Å². The molecule has 0 saturated heterocycles. The molecule has 1 aromatic carbocycles. The summed E-state index contributed by atoms with van der Waals surface area (Å²) in [5.74, 6) is -0.654. The predicted octanol–water partition coefficient (Wildman–Crippen LogP) is 4.71. The van der Waals surface area contributed by atoms with E-state index >= 15 is 0 Å². The van der Waals surface area contributed by atoms with Crippen molar-refractivity contribution in [2.45, 2.75) is 38.5 Å². The highest BCUT2D eigenvalue weighted by molar-refractivity contribution is 7.90. The van der Waals surface area contributed by atoms with E-state index in [2.05, 4.69) is 10.1 Å². The van der Waals surface area contributed by atoms with Crippen LogP contribution in [0.15, 0.2) is 42.9 Å². The van der Waals surface area contributed by atoms with Crippen LogP contribution in [0.5, 0.6) is 11.6 Å². The van der Waals surface area contributed by atoms with Crippen LogP contribution >= 0.6 is 0 Å². The Hall–Kier alpha value is -3.61. The number of amides is 1. The van der Waals surface area contributed by atoms with Gasteiger partial charge in [-0.1, -0.05) is 0 Å². The van der Waals surface area contributed by atoms with Gasteiger partial charge in [0.15, 0.2) is 0 Å². The molecule has 9 nitrogen and oxygen atoms in total. The molecule has 0 spiro atoms. The Balaban J connectivity index is 1.86. The highest BCUT2D eigenvalue weighted by Gasteiger charge is 2.37. The Bertz CT molecular complexity index is 1420. The van der Waals surface area contributed by atoms with Crippen molar-refractivity contribution in [2.75, 3.05) is 24.0 Å². The summed E-state index contributed by atoms with van der Waals surface area (Å²) in [4.78, 5) is 17.8. The number of anilines is 1. The van der Waals surface area contributed by atoms with Crippen LogP contribution in [0, 0.1) is 0 Å². The molecule has 37 heavy (non-hydrogen) atoms. The summed E-state index contributed by atoms with van der Waals surface area (Å²) in [5, 5.41) is 4.20. The van der Waals surface area contributed by atoms with E-state index in [4.69, 9.17) is 9.47 Å². The molecular formula is C24H25F3N4O5S. The second-order valence-corrected chi connectivity index (χ2v) is 11.0. The molecule has 0 radical (unpaired) electrons. The van der Waals surface area contributed by atoms with Gasteiger partial charge in [0.2, 0.25) is 5.88 Å². The monoisotopic (exact) mass is 538 g/mol. The molecule has 13 heteroatoms. The number of ether oxygens (including phenoxy) is 2. The fourth-order valence-electron chi connectivity index (χ4n) is 4.19. The number of nitrogens with zero attached hydrogens (tertiary/aromatic N) is 4. The van der Waals surface area contributed by atoms with Gasteiger partial charge in [0.05, 0.1) is 31.3 Å². The van der Waals surface area contributed by atoms with Gasteiger partial charge in [-0.15, -0.1) is 0 Å². The fraction of sp³-hybridized carbons (Fsp3) is 0.375. The highest BCUT2D eigenvalue weighted by Crippen LogP contribution is 2.46. The van der Waals surface area contributed by atoms with E-state index < -0.39 is 33.6 Å². The van der Waals surface area contributed by atoms with E-state index in [0.717, 1.165) is 12.3 Å². The van der Waals surface area contributed by atoms with Crippen LogP contribution < -0.4 is 9.64 Å². The van der Waals surface area contributed by atoms with Crippen molar-refractivity contribution >= 4 is 21.6 Å². The van der Waals surface area contributed by atoms with Crippen molar-refractivity contribution in [3.63, 3.8) is 0 Å². The largest absolute Gasteiger partial charge is 0.452 e. The van der Waals surface area contributed by atoms with Gasteiger partial charge in [0, 0.05) is 41.4 Å². The molecule has 1 amide bonds. The standard InChI is InChI=1S/C24H25F3N4O5S/c1-15-6-7-18-20(31(15)23(32)35-2)9-8-17(16-13-29-30(14-16)11-12-37(3,33)34)21(18)36-22-19(24(25,26)27)5-4-10-28-22/h4-5,8-10,13-15H,6-7,11-12H2,1-3H3/t15-/m0/s1. The number of sulfone groups is 1. The number of alkyl halides is 3. The number of methoxy groups -OCH3 is 1. The first-order chi connectivity index (χ1) is 17.4. The first-order valence-corrected chi connectivity index (χ1v) is 13.4. The number of benzene rings is 1. The average molecular weight is 539 g/mol. The van der Waals surface area contributed by atoms with Gasteiger partial charge < -0.3 is 9.47 Å². The normalized spacial score (nSPS) is 15.8. The number of rotatable bonds is 6. The van der Waals surface area contributed by atoms with Crippen molar-refractivity contribution in [3.05, 3.63) is 54.0 Å². The molecule has 4 rings (SSSR count). The summed E-state index contributed by atoms with van der Waals surface area (Å²) in [7, 11) is -1.98. The lowest BCUT2D eigenvalue weighted by Crippen LogP contribution is -2.42. The Morgan fingerprint density at radius 3 is 2.68 bits per heavy atom. The highest BCUT2D eigenvalue weighted by atomic mass is 32.2. The van der Waals surface area contributed by atoms with Gasteiger partial charge in [-0.2, -0.15) is 18.3 Å². The SMILES string of the molecule is COC(=O)N1c2ccc(-c3cnn(CCS(C)(=O)=O)c3)c(Oc3ncccc3C(F)(F)F)c2CC[C@@H]1C. The molecule has 1 aliphatic rings. The van der Waals surface area contributed by atoms with Crippen LogP contribution in [0.2, 0.25) is 0 Å². The number of pyridine rings is 1. The quantitative estimate of drug-likeness (QED) is 0.448. The lowest BCUT2D eigenvalue weighted by atomic mass is 9.92. The van der Waals surface area contributed by atoms with E-state index in [0.29, 0.717) is 35.2 Å². The first-order valence-electron chi connectivity index (χ1n) is 11.3. The van der Waals surface area contributed by atoms with Gasteiger partial charge in [-0.3, -0.25) is 9.58 Å². The van der Waals surface area contributed by atoms with E-state index in [1.165, 1.54) is 35.2 Å². The topological polar surface area (TPSA) is 104 Å². The zero-order valence-electron chi connectivity index (χ0n) is 20.3. The summed E-state index contributed by atoms with van der Waals surface area (Å²) in [6.07, 6.45) is 1.01. The Labute approximate surface area is 211 Å². The number of carbonyl (C=O) groups excluding carboxylic acids is 1. The zero-order valence-corrected chi connectivity index (χ0v) is 21.1. The second kappa shape index (κ2) is 10.0. The van der Waals surface area contributed by atoms with Crippen molar-refractivity contribution in [2.24, 2.45) is 0 Å². The number of hydrogen-bond donors (Lipinski definition) is 0. The van der Waals surface area contributed by atoms with Crippen molar-refractivity contribution in [3.8, 4) is 22.8 Å². The third kappa shape index (κ3) is 5.71. The maximum absolute atomic E-state index is 13.7. The van der Waals surface area contributed by atoms with Gasteiger partial charge in [0.1, 0.15) is 21.2 Å². The fourth-order valence-corrected chi connectivity index (χ4v) is 4.71. The molecule has 1 aliphatic heterocycles.